The summed E-state index contributed by atoms with van der Waals surface area (Å²) in [5.74, 6) is -0.389. The first-order valence-corrected chi connectivity index (χ1v) is 8.23. The van der Waals surface area contributed by atoms with E-state index in [-0.39, 0.29) is 11.3 Å². The highest BCUT2D eigenvalue weighted by Gasteiger charge is 2.16. The van der Waals surface area contributed by atoms with Gasteiger partial charge in [-0.1, -0.05) is 12.1 Å². The Bertz CT molecular complexity index is 1070. The van der Waals surface area contributed by atoms with Crippen LogP contribution >= 0.6 is 12.2 Å². The molecule has 1 N–H and O–H groups in total. The molecule has 0 aliphatic carbocycles. The van der Waals surface area contributed by atoms with Crippen LogP contribution in [0.5, 0.6) is 11.5 Å². The van der Waals surface area contributed by atoms with Gasteiger partial charge in [0.25, 0.3) is 0 Å². The lowest BCUT2D eigenvalue weighted by Gasteiger charge is -2.10. The Balaban J connectivity index is 1.83. The number of aryl methyl sites for hydroxylation is 1. The van der Waals surface area contributed by atoms with Gasteiger partial charge in [-0.3, -0.25) is 5.10 Å². The second-order valence-corrected chi connectivity index (χ2v) is 5.80. The quantitative estimate of drug-likeness (QED) is 0.314. The molecule has 0 fully saturated rings. The number of benzene rings is 2. The zero-order chi connectivity index (χ0) is 19.4. The summed E-state index contributed by atoms with van der Waals surface area (Å²) in [5.41, 5.74) is 0.523. The number of hydrogen-bond donors (Lipinski definition) is 1. The maximum Gasteiger partial charge on any atom is 0.346 e. The van der Waals surface area contributed by atoms with E-state index in [4.69, 9.17) is 21.7 Å². The standard InChI is InChI=1S/C18H15FN4O3S/c1-11-21-22-18(27)23(11)20-10-12-7-8-15(16(9-12)25-2)26-17(24)13-5-3-4-6-14(13)19/h3-10H,1-2H3,(H,22,27)/b20-10-. The van der Waals surface area contributed by atoms with Gasteiger partial charge in [-0.15, -0.1) is 0 Å². The van der Waals surface area contributed by atoms with Gasteiger partial charge in [-0.2, -0.15) is 14.9 Å². The number of aromatic nitrogens is 3. The number of esters is 1. The van der Waals surface area contributed by atoms with E-state index < -0.39 is 11.8 Å². The minimum absolute atomic E-state index is 0.157. The van der Waals surface area contributed by atoms with Crippen molar-refractivity contribution in [2.45, 2.75) is 6.92 Å². The number of ether oxygens (including phenoxy) is 2. The highest BCUT2D eigenvalue weighted by Crippen LogP contribution is 2.28. The molecule has 9 heteroatoms. The summed E-state index contributed by atoms with van der Waals surface area (Å²) in [6, 6.07) is 10.4. The van der Waals surface area contributed by atoms with Crippen molar-refractivity contribution in [1.29, 1.82) is 0 Å². The van der Waals surface area contributed by atoms with E-state index in [0.29, 0.717) is 21.9 Å². The van der Waals surface area contributed by atoms with Crippen LogP contribution in [0.15, 0.2) is 47.6 Å². The number of aromatic amines is 1. The molecular formula is C18H15FN4O3S. The molecule has 0 radical (unpaired) electrons. The van der Waals surface area contributed by atoms with Crippen molar-refractivity contribution in [1.82, 2.24) is 14.9 Å². The average Bonchev–Trinajstić information content (AvgIpc) is 2.99. The molecule has 0 atom stereocenters. The number of carbonyl (C=O) groups excluding carboxylic acids is 1. The molecule has 0 saturated carbocycles. The molecule has 3 rings (SSSR count). The minimum atomic E-state index is -0.812. The van der Waals surface area contributed by atoms with Gasteiger partial charge >= 0.3 is 5.97 Å². The molecule has 2 aromatic carbocycles. The van der Waals surface area contributed by atoms with Gasteiger partial charge in [0, 0.05) is 0 Å². The van der Waals surface area contributed by atoms with Gasteiger partial charge in [-0.25, -0.2) is 9.18 Å². The van der Waals surface area contributed by atoms with Crippen molar-refractivity contribution in [3.8, 4) is 11.5 Å². The van der Waals surface area contributed by atoms with Crippen LogP contribution in [-0.4, -0.2) is 34.2 Å². The fourth-order valence-electron chi connectivity index (χ4n) is 2.26. The largest absolute Gasteiger partial charge is 0.493 e. The molecule has 1 heterocycles. The lowest BCUT2D eigenvalue weighted by atomic mass is 10.2. The van der Waals surface area contributed by atoms with Crippen LogP contribution in [0.25, 0.3) is 0 Å². The van der Waals surface area contributed by atoms with Crippen molar-refractivity contribution < 1.29 is 18.7 Å². The van der Waals surface area contributed by atoms with Crippen molar-refractivity contribution in [2.75, 3.05) is 7.11 Å². The SMILES string of the molecule is COc1cc(/C=N\n2c(C)n[nH]c2=S)ccc1OC(=O)c1ccccc1F. The third kappa shape index (κ3) is 4.09. The van der Waals surface area contributed by atoms with Crippen molar-refractivity contribution in [3.63, 3.8) is 0 Å². The molecule has 27 heavy (non-hydrogen) atoms. The van der Waals surface area contributed by atoms with Crippen LogP contribution in [0.3, 0.4) is 0 Å². The van der Waals surface area contributed by atoms with Crippen molar-refractivity contribution >= 4 is 24.4 Å². The van der Waals surface area contributed by atoms with Crippen LogP contribution in [0.4, 0.5) is 4.39 Å². The summed E-state index contributed by atoms with van der Waals surface area (Å²) >= 11 is 5.08. The summed E-state index contributed by atoms with van der Waals surface area (Å²) in [4.78, 5) is 12.2. The van der Waals surface area contributed by atoms with Crippen molar-refractivity contribution in [2.24, 2.45) is 5.10 Å². The molecule has 0 amide bonds. The highest BCUT2D eigenvalue weighted by molar-refractivity contribution is 7.71. The summed E-state index contributed by atoms with van der Waals surface area (Å²) in [6.45, 7) is 1.76. The van der Waals surface area contributed by atoms with E-state index >= 15 is 0 Å². The normalized spacial score (nSPS) is 10.9. The molecule has 0 aliphatic heterocycles. The van der Waals surface area contributed by atoms with E-state index in [1.54, 1.807) is 37.4 Å². The first kappa shape index (κ1) is 18.5. The second kappa shape index (κ2) is 7.92. The van der Waals surface area contributed by atoms with Gasteiger partial charge in [0.05, 0.1) is 18.9 Å². The average molecular weight is 386 g/mol. The van der Waals surface area contributed by atoms with Crippen LogP contribution in [0, 0.1) is 17.5 Å². The summed E-state index contributed by atoms with van der Waals surface area (Å²) < 4.78 is 26.1. The monoisotopic (exact) mass is 386 g/mol. The fourth-order valence-corrected chi connectivity index (χ4v) is 2.49. The Morgan fingerprint density at radius 1 is 1.30 bits per heavy atom. The van der Waals surface area contributed by atoms with E-state index in [1.165, 1.54) is 30.0 Å². The molecule has 138 valence electrons. The van der Waals surface area contributed by atoms with E-state index in [2.05, 4.69) is 15.3 Å². The maximum atomic E-state index is 13.7. The number of H-pyrrole nitrogens is 1. The van der Waals surface area contributed by atoms with Gasteiger partial charge < -0.3 is 9.47 Å². The number of hydrogen-bond acceptors (Lipinski definition) is 6. The lowest BCUT2D eigenvalue weighted by molar-refractivity contribution is 0.0725. The topological polar surface area (TPSA) is 81.5 Å². The Morgan fingerprint density at radius 3 is 2.74 bits per heavy atom. The lowest BCUT2D eigenvalue weighted by Crippen LogP contribution is -2.11. The molecule has 1 aromatic heterocycles. The molecule has 3 aromatic rings. The van der Waals surface area contributed by atoms with E-state index in [9.17, 15) is 9.18 Å². The van der Waals surface area contributed by atoms with E-state index in [1.807, 2.05) is 0 Å². The fraction of sp³-hybridized carbons (Fsp3) is 0.111. The van der Waals surface area contributed by atoms with Crippen LogP contribution < -0.4 is 9.47 Å². The van der Waals surface area contributed by atoms with Gasteiger partial charge in [0.15, 0.2) is 11.5 Å². The second-order valence-electron chi connectivity index (χ2n) is 5.41. The zero-order valence-electron chi connectivity index (χ0n) is 14.5. The van der Waals surface area contributed by atoms with Crippen LogP contribution in [0.2, 0.25) is 0 Å². The third-order valence-electron chi connectivity index (χ3n) is 3.62. The first-order valence-electron chi connectivity index (χ1n) is 7.82. The number of rotatable bonds is 5. The van der Waals surface area contributed by atoms with Crippen LogP contribution in [0.1, 0.15) is 21.7 Å². The molecule has 0 saturated heterocycles. The molecule has 0 bridgehead atoms. The van der Waals surface area contributed by atoms with Crippen LogP contribution in [-0.2, 0) is 0 Å². The number of methoxy groups -OCH3 is 1. The predicted octanol–water partition coefficient (Wildman–Crippen LogP) is 3.50. The summed E-state index contributed by atoms with van der Waals surface area (Å²) in [7, 11) is 1.44. The van der Waals surface area contributed by atoms with Gasteiger partial charge in [0.1, 0.15) is 11.6 Å². The summed E-state index contributed by atoms with van der Waals surface area (Å²) in [5, 5.41) is 10.8. The zero-order valence-corrected chi connectivity index (χ0v) is 15.3. The molecule has 0 spiro atoms. The Morgan fingerprint density at radius 2 is 2.07 bits per heavy atom. The maximum absolute atomic E-state index is 13.7. The molecule has 0 aliphatic rings. The smallest absolute Gasteiger partial charge is 0.346 e. The molecule has 7 nitrogen and oxygen atoms in total. The van der Waals surface area contributed by atoms with Crippen molar-refractivity contribution in [3.05, 3.63) is 70.0 Å². The number of nitrogens with zero attached hydrogens (tertiary/aromatic N) is 3. The van der Waals surface area contributed by atoms with Gasteiger partial charge in [0.2, 0.25) is 4.77 Å². The number of halogens is 1. The summed E-state index contributed by atoms with van der Waals surface area (Å²) in [6.07, 6.45) is 1.56. The Labute approximate surface area is 159 Å². The Hall–Kier alpha value is -3.33. The van der Waals surface area contributed by atoms with E-state index in [0.717, 1.165) is 0 Å². The Kier molecular flexibility index (Phi) is 5.41. The first-order chi connectivity index (χ1) is 13.0. The number of nitrogens with one attached hydrogen (secondary N) is 1. The number of carbonyl (C=O) groups is 1. The highest BCUT2D eigenvalue weighted by atomic mass is 32.1. The predicted molar refractivity (Wildman–Crippen MR) is 99.5 cm³/mol. The minimum Gasteiger partial charge on any atom is -0.493 e. The molecule has 0 unspecified atom stereocenters. The molecular weight excluding hydrogens is 371 g/mol. The van der Waals surface area contributed by atoms with Gasteiger partial charge in [-0.05, 0) is 55.0 Å². The third-order valence-corrected chi connectivity index (χ3v) is 3.88.